The van der Waals surface area contributed by atoms with Crippen molar-refractivity contribution in [3.63, 3.8) is 0 Å². The summed E-state index contributed by atoms with van der Waals surface area (Å²) in [6, 6.07) is 7.27. The maximum absolute atomic E-state index is 13.2. The van der Waals surface area contributed by atoms with Crippen molar-refractivity contribution in [2.45, 2.75) is 19.9 Å². The predicted molar refractivity (Wildman–Crippen MR) is 91.2 cm³/mol. The molecule has 0 amide bonds. The van der Waals surface area contributed by atoms with E-state index in [1.54, 1.807) is 29.8 Å². The summed E-state index contributed by atoms with van der Waals surface area (Å²) in [6.45, 7) is 2.11. The molecular weight excluding hydrogens is 325 g/mol. The number of hydrogen-bond donors (Lipinski definition) is 1. The third kappa shape index (κ3) is 2.73. The minimum Gasteiger partial charge on any atom is -0.422 e. The van der Waals surface area contributed by atoms with E-state index in [1.165, 1.54) is 18.2 Å². The smallest absolute Gasteiger partial charge is 0.336 e. The number of H-pyrrole nitrogens is 1. The number of halogens is 1. The Balaban J connectivity index is 1.67. The zero-order valence-corrected chi connectivity index (χ0v) is 13.4. The highest BCUT2D eigenvalue weighted by atomic mass is 19.1. The molecule has 126 valence electrons. The second-order valence-corrected chi connectivity index (χ2v) is 5.90. The normalized spacial score (nSPS) is 11.4. The zero-order valence-electron chi connectivity index (χ0n) is 13.4. The Morgan fingerprint density at radius 3 is 2.92 bits per heavy atom. The zero-order chi connectivity index (χ0) is 17.6. The standard InChI is InChI=1S/C18H14FN3O3/c1-10-8-16(23)25-14-4-6-22(18(24)17(10)14)7-5-15-20-12-3-2-11(19)9-13(12)21-15/h2-4,6,8-9H,5,7H2,1H3,(H,20,21). The van der Waals surface area contributed by atoms with Gasteiger partial charge in [0.05, 0.1) is 16.4 Å². The van der Waals surface area contributed by atoms with E-state index in [9.17, 15) is 14.0 Å². The molecule has 0 saturated carbocycles. The number of aromatic nitrogens is 3. The first-order chi connectivity index (χ1) is 12.0. The molecule has 3 aromatic heterocycles. The molecule has 1 N–H and O–H groups in total. The molecule has 6 nitrogen and oxygen atoms in total. The van der Waals surface area contributed by atoms with Crippen molar-refractivity contribution in [1.82, 2.24) is 14.5 Å². The van der Waals surface area contributed by atoms with E-state index in [0.29, 0.717) is 40.8 Å². The number of pyridine rings is 1. The van der Waals surface area contributed by atoms with Crippen molar-refractivity contribution in [3.8, 4) is 0 Å². The Kier molecular flexibility index (Phi) is 3.49. The van der Waals surface area contributed by atoms with E-state index in [-0.39, 0.29) is 17.0 Å². The Morgan fingerprint density at radius 1 is 1.24 bits per heavy atom. The molecule has 0 unspecified atom stereocenters. The average molecular weight is 339 g/mol. The molecule has 0 saturated heterocycles. The predicted octanol–water partition coefficient (Wildman–Crippen LogP) is 2.52. The van der Waals surface area contributed by atoms with Gasteiger partial charge in [-0.1, -0.05) is 0 Å². The highest BCUT2D eigenvalue weighted by Gasteiger charge is 2.10. The van der Waals surface area contributed by atoms with Crippen LogP contribution in [0.4, 0.5) is 4.39 Å². The van der Waals surface area contributed by atoms with Crippen molar-refractivity contribution in [1.29, 1.82) is 0 Å². The van der Waals surface area contributed by atoms with Gasteiger partial charge in [-0.25, -0.2) is 14.2 Å². The summed E-state index contributed by atoms with van der Waals surface area (Å²) in [7, 11) is 0. The summed E-state index contributed by atoms with van der Waals surface area (Å²) in [6.07, 6.45) is 2.08. The van der Waals surface area contributed by atoms with Crippen LogP contribution in [0.5, 0.6) is 0 Å². The molecule has 0 bridgehead atoms. The minimum absolute atomic E-state index is 0.221. The molecule has 4 aromatic rings. The van der Waals surface area contributed by atoms with Gasteiger partial charge in [-0.2, -0.15) is 0 Å². The molecule has 0 aliphatic heterocycles. The van der Waals surface area contributed by atoms with E-state index in [2.05, 4.69) is 9.97 Å². The van der Waals surface area contributed by atoms with Crippen LogP contribution in [0.1, 0.15) is 11.4 Å². The maximum Gasteiger partial charge on any atom is 0.336 e. The van der Waals surface area contributed by atoms with Crippen molar-refractivity contribution < 1.29 is 8.81 Å². The van der Waals surface area contributed by atoms with Crippen molar-refractivity contribution in [3.05, 3.63) is 74.5 Å². The Hall–Kier alpha value is -3.22. The molecule has 0 fully saturated rings. The Bertz CT molecular complexity index is 1220. The number of nitrogens with one attached hydrogen (secondary N) is 1. The molecule has 4 rings (SSSR count). The van der Waals surface area contributed by atoms with Gasteiger partial charge in [0.15, 0.2) is 0 Å². The molecule has 3 heterocycles. The lowest BCUT2D eigenvalue weighted by Gasteiger charge is -2.06. The van der Waals surface area contributed by atoms with Gasteiger partial charge < -0.3 is 14.0 Å². The highest BCUT2D eigenvalue weighted by molar-refractivity contribution is 5.78. The van der Waals surface area contributed by atoms with E-state index < -0.39 is 5.63 Å². The molecule has 0 spiro atoms. The summed E-state index contributed by atoms with van der Waals surface area (Å²) < 4.78 is 19.9. The maximum atomic E-state index is 13.2. The van der Waals surface area contributed by atoms with E-state index in [4.69, 9.17) is 4.42 Å². The van der Waals surface area contributed by atoms with Crippen LogP contribution in [-0.4, -0.2) is 14.5 Å². The number of nitrogens with zero attached hydrogens (tertiary/aromatic N) is 2. The fraction of sp³-hybridized carbons (Fsp3) is 0.167. The van der Waals surface area contributed by atoms with Crippen LogP contribution in [0.25, 0.3) is 22.0 Å². The van der Waals surface area contributed by atoms with Crippen LogP contribution in [0.3, 0.4) is 0 Å². The lowest BCUT2D eigenvalue weighted by Crippen LogP contribution is -2.22. The first-order valence-electron chi connectivity index (χ1n) is 7.79. The first kappa shape index (κ1) is 15.3. The van der Waals surface area contributed by atoms with Gasteiger partial charge in [0.25, 0.3) is 5.56 Å². The molecule has 25 heavy (non-hydrogen) atoms. The van der Waals surface area contributed by atoms with Gasteiger partial charge in [-0.15, -0.1) is 0 Å². The number of fused-ring (bicyclic) bond motifs is 2. The number of hydrogen-bond acceptors (Lipinski definition) is 4. The van der Waals surface area contributed by atoms with Crippen LogP contribution in [0, 0.1) is 12.7 Å². The van der Waals surface area contributed by atoms with Crippen molar-refractivity contribution in [2.24, 2.45) is 0 Å². The highest BCUT2D eigenvalue weighted by Crippen LogP contribution is 2.14. The van der Waals surface area contributed by atoms with Crippen LogP contribution < -0.4 is 11.2 Å². The summed E-state index contributed by atoms with van der Waals surface area (Å²) in [5.41, 5.74) is 1.48. The van der Waals surface area contributed by atoms with Crippen LogP contribution in [-0.2, 0) is 13.0 Å². The second kappa shape index (κ2) is 5.70. The van der Waals surface area contributed by atoms with Gasteiger partial charge in [-0.05, 0) is 36.8 Å². The molecule has 7 heteroatoms. The fourth-order valence-electron chi connectivity index (χ4n) is 2.95. The Labute approximate surface area is 140 Å². The van der Waals surface area contributed by atoms with Gasteiger partial charge in [-0.3, -0.25) is 4.79 Å². The Morgan fingerprint density at radius 2 is 2.08 bits per heavy atom. The summed E-state index contributed by atoms with van der Waals surface area (Å²) >= 11 is 0. The van der Waals surface area contributed by atoms with E-state index in [1.807, 2.05) is 0 Å². The number of benzene rings is 1. The van der Waals surface area contributed by atoms with Crippen molar-refractivity contribution in [2.75, 3.05) is 0 Å². The lowest BCUT2D eigenvalue weighted by atomic mass is 10.2. The van der Waals surface area contributed by atoms with Gasteiger partial charge in [0, 0.05) is 25.2 Å². The third-order valence-electron chi connectivity index (χ3n) is 4.15. The quantitative estimate of drug-likeness (QED) is 0.622. The first-order valence-corrected chi connectivity index (χ1v) is 7.79. The fourth-order valence-corrected chi connectivity index (χ4v) is 2.95. The molecule has 0 aliphatic rings. The number of imidazole rings is 1. The average Bonchev–Trinajstić information content (AvgIpc) is 2.95. The van der Waals surface area contributed by atoms with Crippen molar-refractivity contribution >= 4 is 22.0 Å². The van der Waals surface area contributed by atoms with Crippen LogP contribution in [0.2, 0.25) is 0 Å². The molecule has 0 radical (unpaired) electrons. The van der Waals surface area contributed by atoms with Crippen LogP contribution in [0.15, 0.2) is 50.5 Å². The molecule has 0 aliphatic carbocycles. The minimum atomic E-state index is -0.475. The van der Waals surface area contributed by atoms with Gasteiger partial charge in [0.2, 0.25) is 0 Å². The topological polar surface area (TPSA) is 80.9 Å². The largest absolute Gasteiger partial charge is 0.422 e. The van der Waals surface area contributed by atoms with E-state index in [0.717, 1.165) is 0 Å². The molecular formula is C18H14FN3O3. The number of aryl methyl sites for hydroxylation is 3. The van der Waals surface area contributed by atoms with Crippen LogP contribution >= 0.6 is 0 Å². The van der Waals surface area contributed by atoms with E-state index >= 15 is 0 Å². The SMILES string of the molecule is Cc1cc(=O)oc2ccn(CCc3nc4ccc(F)cc4[nH]3)c(=O)c12. The summed E-state index contributed by atoms with van der Waals surface area (Å²) in [5.74, 6) is 0.342. The second-order valence-electron chi connectivity index (χ2n) is 5.90. The number of rotatable bonds is 3. The number of aromatic amines is 1. The molecule has 0 atom stereocenters. The lowest BCUT2D eigenvalue weighted by molar-refractivity contribution is 0.555. The third-order valence-corrected chi connectivity index (χ3v) is 4.15. The summed E-state index contributed by atoms with van der Waals surface area (Å²) in [4.78, 5) is 31.5. The monoisotopic (exact) mass is 339 g/mol. The summed E-state index contributed by atoms with van der Waals surface area (Å²) in [5, 5.41) is 0.397. The van der Waals surface area contributed by atoms with Gasteiger partial charge in [0.1, 0.15) is 17.2 Å². The molecule has 1 aromatic carbocycles. The van der Waals surface area contributed by atoms with Gasteiger partial charge >= 0.3 is 5.63 Å².